The van der Waals surface area contributed by atoms with Gasteiger partial charge in [0.05, 0.1) is 0 Å². The minimum Gasteiger partial charge on any atom is -0.462 e. The molecule has 0 rings (SSSR count). The quantitative estimate of drug-likeness (QED) is 0.0343. The van der Waals surface area contributed by atoms with Crippen LogP contribution in [0.1, 0.15) is 438 Å². The first-order chi connectivity index (χ1) is 39.5. The Balaban J connectivity index is 3.91. The summed E-state index contributed by atoms with van der Waals surface area (Å²) >= 11 is 0. The van der Waals surface area contributed by atoms with Crippen molar-refractivity contribution < 1.29 is 28.6 Å². The molecule has 6 nitrogen and oxygen atoms in total. The maximum absolute atomic E-state index is 12.9. The molecule has 0 aromatic rings. The van der Waals surface area contributed by atoms with Crippen molar-refractivity contribution in [2.75, 3.05) is 13.2 Å². The fourth-order valence-electron chi connectivity index (χ4n) is 11.8. The summed E-state index contributed by atoms with van der Waals surface area (Å²) in [6.07, 6.45) is 83.5. The van der Waals surface area contributed by atoms with E-state index < -0.39 is 6.10 Å². The van der Waals surface area contributed by atoms with Gasteiger partial charge in [0.1, 0.15) is 13.2 Å². The van der Waals surface area contributed by atoms with E-state index in [4.69, 9.17) is 14.2 Å². The van der Waals surface area contributed by atoms with Crippen LogP contribution < -0.4 is 0 Å². The minimum atomic E-state index is -0.762. The summed E-state index contributed by atoms with van der Waals surface area (Å²) in [6.45, 7) is 6.68. The van der Waals surface area contributed by atoms with Crippen molar-refractivity contribution in [2.24, 2.45) is 0 Å². The molecule has 0 aromatic carbocycles. The standard InChI is InChI=1S/C74H144O6/c1-4-7-10-13-16-18-20-22-24-26-28-30-32-34-36-37-39-40-42-44-46-48-50-52-54-56-58-61-64-67-73(76)79-70-71(69-78-72(75)66-63-60-15-12-9-6-3)80-74(77)68-65-62-59-57-55-53-51-49-47-45-43-41-38-35-33-31-29-27-25-23-21-19-17-14-11-8-5-2/h71H,4-70H2,1-3H3. The Labute approximate surface area is 501 Å². The second-order valence-electron chi connectivity index (χ2n) is 25.6. The first-order valence-electron chi connectivity index (χ1n) is 37.0. The predicted octanol–water partition coefficient (Wildman–Crippen LogP) is 25.4. The van der Waals surface area contributed by atoms with Gasteiger partial charge >= 0.3 is 17.9 Å². The molecule has 0 radical (unpaired) electrons. The third-order valence-corrected chi connectivity index (χ3v) is 17.4. The lowest BCUT2D eigenvalue weighted by atomic mass is 10.0. The Hall–Kier alpha value is -1.59. The molecule has 0 heterocycles. The zero-order valence-electron chi connectivity index (χ0n) is 54.9. The normalized spacial score (nSPS) is 11.9. The number of ether oxygens (including phenoxy) is 3. The molecule has 1 atom stereocenters. The molecule has 476 valence electrons. The molecule has 1 unspecified atom stereocenters. The molecule has 80 heavy (non-hydrogen) atoms. The molecule has 0 aliphatic heterocycles. The first kappa shape index (κ1) is 78.4. The van der Waals surface area contributed by atoms with E-state index in [1.165, 1.54) is 340 Å². The van der Waals surface area contributed by atoms with Crippen LogP contribution in [-0.4, -0.2) is 37.2 Å². The molecule has 0 saturated carbocycles. The van der Waals surface area contributed by atoms with E-state index in [0.717, 1.165) is 57.8 Å². The highest BCUT2D eigenvalue weighted by molar-refractivity contribution is 5.71. The third-order valence-electron chi connectivity index (χ3n) is 17.4. The molecule has 0 N–H and O–H groups in total. The molecule has 0 aliphatic carbocycles. The highest BCUT2D eigenvalue weighted by atomic mass is 16.6. The van der Waals surface area contributed by atoms with E-state index in [0.29, 0.717) is 19.3 Å². The van der Waals surface area contributed by atoms with Crippen LogP contribution in [0.25, 0.3) is 0 Å². The second kappa shape index (κ2) is 69.9. The number of hydrogen-bond donors (Lipinski definition) is 0. The summed E-state index contributed by atoms with van der Waals surface area (Å²) in [6, 6.07) is 0. The summed E-state index contributed by atoms with van der Waals surface area (Å²) in [5, 5.41) is 0. The summed E-state index contributed by atoms with van der Waals surface area (Å²) in [5.74, 6) is -0.835. The van der Waals surface area contributed by atoms with Crippen molar-refractivity contribution in [1.82, 2.24) is 0 Å². The molecule has 6 heteroatoms. The Morgan fingerprint density at radius 1 is 0.200 bits per heavy atom. The topological polar surface area (TPSA) is 78.9 Å². The lowest BCUT2D eigenvalue weighted by molar-refractivity contribution is -0.167. The molecular weight excluding hydrogens is 985 g/mol. The third kappa shape index (κ3) is 67.2. The minimum absolute atomic E-state index is 0.0615. The zero-order valence-corrected chi connectivity index (χ0v) is 54.9. The smallest absolute Gasteiger partial charge is 0.306 e. The largest absolute Gasteiger partial charge is 0.462 e. The predicted molar refractivity (Wildman–Crippen MR) is 349 cm³/mol. The van der Waals surface area contributed by atoms with Crippen molar-refractivity contribution in [3.63, 3.8) is 0 Å². The number of hydrogen-bond acceptors (Lipinski definition) is 6. The molecule has 0 spiro atoms. The average molecular weight is 1130 g/mol. The van der Waals surface area contributed by atoms with Gasteiger partial charge in [0, 0.05) is 19.3 Å². The Morgan fingerprint density at radius 3 is 0.500 bits per heavy atom. The van der Waals surface area contributed by atoms with E-state index >= 15 is 0 Å². The zero-order chi connectivity index (χ0) is 57.8. The summed E-state index contributed by atoms with van der Waals surface area (Å²) < 4.78 is 16.9. The van der Waals surface area contributed by atoms with Gasteiger partial charge < -0.3 is 14.2 Å². The van der Waals surface area contributed by atoms with Gasteiger partial charge in [-0.2, -0.15) is 0 Å². The van der Waals surface area contributed by atoms with Gasteiger partial charge in [0.15, 0.2) is 6.10 Å². The van der Waals surface area contributed by atoms with Crippen LogP contribution >= 0.6 is 0 Å². The second-order valence-corrected chi connectivity index (χ2v) is 25.6. The SMILES string of the molecule is CCCCCCCCCCCCCCCCCCCCCCCCCCCCCCCC(=O)OCC(COC(=O)CCCCCCCC)OC(=O)CCCCCCCCCCCCCCCCCCCCCCCCCCCCC. The summed E-state index contributed by atoms with van der Waals surface area (Å²) in [5.41, 5.74) is 0. The van der Waals surface area contributed by atoms with Crippen molar-refractivity contribution in [2.45, 2.75) is 444 Å². The highest BCUT2D eigenvalue weighted by Crippen LogP contribution is 2.20. The average Bonchev–Trinajstić information content (AvgIpc) is 3.46. The summed E-state index contributed by atoms with van der Waals surface area (Å²) in [4.78, 5) is 38.1. The molecule has 0 fully saturated rings. The number of unbranched alkanes of at least 4 members (excludes halogenated alkanes) is 59. The Kier molecular flexibility index (Phi) is 68.5. The fourth-order valence-corrected chi connectivity index (χ4v) is 11.8. The van der Waals surface area contributed by atoms with Crippen LogP contribution in [-0.2, 0) is 28.6 Å². The lowest BCUT2D eigenvalue weighted by Crippen LogP contribution is -2.30. The van der Waals surface area contributed by atoms with Crippen molar-refractivity contribution in [1.29, 1.82) is 0 Å². The molecule has 0 saturated heterocycles. The van der Waals surface area contributed by atoms with Crippen LogP contribution in [0, 0.1) is 0 Å². The molecular formula is C74H144O6. The monoisotopic (exact) mass is 1130 g/mol. The van der Waals surface area contributed by atoms with Gasteiger partial charge in [0.2, 0.25) is 0 Å². The maximum atomic E-state index is 12.9. The fraction of sp³-hybridized carbons (Fsp3) is 0.959. The van der Waals surface area contributed by atoms with E-state index in [1.807, 2.05) is 0 Å². The van der Waals surface area contributed by atoms with Gasteiger partial charge in [-0.25, -0.2) is 0 Å². The highest BCUT2D eigenvalue weighted by Gasteiger charge is 2.20. The van der Waals surface area contributed by atoms with E-state index in [-0.39, 0.29) is 31.1 Å². The molecule has 0 aliphatic rings. The van der Waals surface area contributed by atoms with E-state index in [1.54, 1.807) is 0 Å². The number of rotatable bonds is 70. The molecule has 0 amide bonds. The van der Waals surface area contributed by atoms with Gasteiger partial charge in [-0.15, -0.1) is 0 Å². The number of esters is 3. The van der Waals surface area contributed by atoms with Crippen molar-refractivity contribution >= 4 is 17.9 Å². The van der Waals surface area contributed by atoms with Crippen LogP contribution in [0.4, 0.5) is 0 Å². The van der Waals surface area contributed by atoms with Gasteiger partial charge in [0.25, 0.3) is 0 Å². The lowest BCUT2D eigenvalue weighted by Gasteiger charge is -2.18. The number of carbonyl (C=O) groups is 3. The van der Waals surface area contributed by atoms with Crippen molar-refractivity contribution in [3.05, 3.63) is 0 Å². The van der Waals surface area contributed by atoms with Gasteiger partial charge in [-0.1, -0.05) is 400 Å². The van der Waals surface area contributed by atoms with Crippen LogP contribution in [0.3, 0.4) is 0 Å². The van der Waals surface area contributed by atoms with Crippen LogP contribution in [0.15, 0.2) is 0 Å². The van der Waals surface area contributed by atoms with Gasteiger partial charge in [-0.05, 0) is 19.3 Å². The first-order valence-corrected chi connectivity index (χ1v) is 37.0. The summed E-state index contributed by atoms with van der Waals surface area (Å²) in [7, 11) is 0. The van der Waals surface area contributed by atoms with E-state index in [2.05, 4.69) is 20.8 Å². The van der Waals surface area contributed by atoms with Crippen molar-refractivity contribution in [3.8, 4) is 0 Å². The van der Waals surface area contributed by atoms with Crippen LogP contribution in [0.5, 0.6) is 0 Å². The van der Waals surface area contributed by atoms with E-state index in [9.17, 15) is 14.4 Å². The van der Waals surface area contributed by atoms with Gasteiger partial charge in [-0.3, -0.25) is 14.4 Å². The molecule has 0 aromatic heterocycles. The van der Waals surface area contributed by atoms with Crippen LogP contribution in [0.2, 0.25) is 0 Å². The maximum Gasteiger partial charge on any atom is 0.306 e. The number of carbonyl (C=O) groups excluding carboxylic acids is 3. The Morgan fingerprint density at radius 2 is 0.338 bits per heavy atom. The molecule has 0 bridgehead atoms. The Bertz CT molecular complexity index is 1200.